The molecule has 1 aromatic heterocycles. The molecule has 0 aliphatic carbocycles. The zero-order valence-electron chi connectivity index (χ0n) is 16.5. The standard InChI is InChI=1S/C21H23N3O3S2/c1-3-16-5-7-17(8-6-16)29(26,27)24-12-10-23(11-13-24)21(25)20-18-14-15(2)4-9-19(18)28-22-20/h4-9,14H,3,10-13H2,1-2H3. The number of nitrogens with zero attached hydrogens (tertiary/aromatic N) is 3. The van der Waals surface area contributed by atoms with Gasteiger partial charge in [-0.3, -0.25) is 4.79 Å². The Hall–Kier alpha value is -2.29. The Morgan fingerprint density at radius 2 is 1.76 bits per heavy atom. The first-order chi connectivity index (χ1) is 13.9. The Morgan fingerprint density at radius 1 is 1.07 bits per heavy atom. The predicted octanol–water partition coefficient (Wildman–Crippen LogP) is 3.31. The van der Waals surface area contributed by atoms with Crippen molar-refractivity contribution < 1.29 is 13.2 Å². The molecule has 0 N–H and O–H groups in total. The van der Waals surface area contributed by atoms with Crippen LogP contribution >= 0.6 is 11.5 Å². The minimum absolute atomic E-state index is 0.133. The minimum atomic E-state index is -3.55. The van der Waals surface area contributed by atoms with Gasteiger partial charge in [-0.2, -0.15) is 8.68 Å². The van der Waals surface area contributed by atoms with Crippen molar-refractivity contribution in [3.8, 4) is 0 Å². The summed E-state index contributed by atoms with van der Waals surface area (Å²) in [5, 5.41) is 0.867. The molecule has 0 spiro atoms. The van der Waals surface area contributed by atoms with Gasteiger partial charge in [0.05, 0.1) is 9.60 Å². The molecule has 4 rings (SSSR count). The molecule has 2 aromatic carbocycles. The van der Waals surface area contributed by atoms with E-state index in [4.69, 9.17) is 0 Å². The molecule has 1 aliphatic heterocycles. The zero-order valence-corrected chi connectivity index (χ0v) is 18.1. The fraction of sp³-hybridized carbons (Fsp3) is 0.333. The van der Waals surface area contributed by atoms with Crippen molar-refractivity contribution >= 4 is 37.5 Å². The second kappa shape index (κ2) is 7.85. The molecule has 6 nitrogen and oxygen atoms in total. The maximum absolute atomic E-state index is 13.0. The fourth-order valence-corrected chi connectivity index (χ4v) is 5.71. The second-order valence-electron chi connectivity index (χ2n) is 7.22. The summed E-state index contributed by atoms with van der Waals surface area (Å²) in [6.07, 6.45) is 0.867. The average molecular weight is 430 g/mol. The lowest BCUT2D eigenvalue weighted by atomic mass is 10.1. The van der Waals surface area contributed by atoms with Crippen molar-refractivity contribution in [2.45, 2.75) is 25.2 Å². The van der Waals surface area contributed by atoms with Crippen molar-refractivity contribution in [2.75, 3.05) is 26.2 Å². The monoisotopic (exact) mass is 429 g/mol. The molecule has 1 fully saturated rings. The van der Waals surface area contributed by atoms with Crippen LogP contribution in [0.2, 0.25) is 0 Å². The molecule has 1 aliphatic rings. The number of aryl methyl sites for hydroxylation is 2. The van der Waals surface area contributed by atoms with Gasteiger partial charge in [0.25, 0.3) is 5.91 Å². The van der Waals surface area contributed by atoms with Gasteiger partial charge in [-0.1, -0.05) is 30.7 Å². The molecule has 0 radical (unpaired) electrons. The van der Waals surface area contributed by atoms with Gasteiger partial charge in [0.2, 0.25) is 10.0 Å². The molecule has 8 heteroatoms. The number of hydrogen-bond acceptors (Lipinski definition) is 5. The number of rotatable bonds is 4. The van der Waals surface area contributed by atoms with Crippen molar-refractivity contribution in [2.24, 2.45) is 0 Å². The van der Waals surface area contributed by atoms with Gasteiger partial charge >= 0.3 is 0 Å². The number of carbonyl (C=O) groups excluding carboxylic acids is 1. The molecule has 1 saturated heterocycles. The molecule has 1 amide bonds. The summed E-state index contributed by atoms with van der Waals surface area (Å²) in [6, 6.07) is 13.0. The summed E-state index contributed by atoms with van der Waals surface area (Å²) in [5.41, 5.74) is 2.64. The smallest absolute Gasteiger partial charge is 0.274 e. The van der Waals surface area contributed by atoms with Crippen molar-refractivity contribution in [1.29, 1.82) is 0 Å². The molecule has 0 atom stereocenters. The van der Waals surface area contributed by atoms with E-state index >= 15 is 0 Å². The first-order valence-corrected chi connectivity index (χ1v) is 11.9. The summed E-state index contributed by atoms with van der Waals surface area (Å²) in [7, 11) is -3.55. The van der Waals surface area contributed by atoms with E-state index in [9.17, 15) is 13.2 Å². The molecule has 0 saturated carbocycles. The summed E-state index contributed by atoms with van der Waals surface area (Å²) in [6.45, 7) is 5.30. The van der Waals surface area contributed by atoms with E-state index in [1.807, 2.05) is 44.2 Å². The summed E-state index contributed by atoms with van der Waals surface area (Å²) < 4.78 is 32.6. The quantitative estimate of drug-likeness (QED) is 0.638. The van der Waals surface area contributed by atoms with Crippen LogP contribution in [0.25, 0.3) is 10.1 Å². The summed E-state index contributed by atoms with van der Waals surface area (Å²) in [4.78, 5) is 15.0. The van der Waals surface area contributed by atoms with Gasteiger partial charge in [-0.25, -0.2) is 8.42 Å². The SMILES string of the molecule is CCc1ccc(S(=O)(=O)N2CCN(C(=O)c3nsc4ccc(C)cc34)CC2)cc1. The highest BCUT2D eigenvalue weighted by atomic mass is 32.2. The highest BCUT2D eigenvalue weighted by Crippen LogP contribution is 2.26. The van der Waals surface area contributed by atoms with Gasteiger partial charge in [0.15, 0.2) is 0 Å². The molecule has 0 bridgehead atoms. The highest BCUT2D eigenvalue weighted by molar-refractivity contribution is 7.89. The Labute approximate surface area is 175 Å². The van der Waals surface area contributed by atoms with Crippen molar-refractivity contribution in [3.05, 3.63) is 59.3 Å². The molecule has 3 aromatic rings. The summed E-state index contributed by atoms with van der Waals surface area (Å²) >= 11 is 1.32. The first-order valence-electron chi connectivity index (χ1n) is 9.64. The Morgan fingerprint density at radius 3 is 2.41 bits per heavy atom. The number of amides is 1. The lowest BCUT2D eigenvalue weighted by molar-refractivity contribution is 0.0695. The summed E-state index contributed by atoms with van der Waals surface area (Å²) in [5.74, 6) is -0.133. The number of aromatic nitrogens is 1. The molecular weight excluding hydrogens is 406 g/mol. The van der Waals surface area contributed by atoms with Gasteiger partial charge in [0.1, 0.15) is 5.69 Å². The van der Waals surface area contributed by atoms with Crippen LogP contribution in [0.3, 0.4) is 0 Å². The lowest BCUT2D eigenvalue weighted by Crippen LogP contribution is -2.50. The third-order valence-corrected chi connectivity index (χ3v) is 8.06. The Kier molecular flexibility index (Phi) is 5.42. The number of fused-ring (bicyclic) bond motifs is 1. The zero-order chi connectivity index (χ0) is 20.6. The van der Waals surface area contributed by atoms with E-state index in [0.717, 1.165) is 27.6 Å². The van der Waals surface area contributed by atoms with Crippen LogP contribution in [0.5, 0.6) is 0 Å². The van der Waals surface area contributed by atoms with Crippen LogP contribution in [-0.2, 0) is 16.4 Å². The lowest BCUT2D eigenvalue weighted by Gasteiger charge is -2.33. The van der Waals surface area contributed by atoms with E-state index in [0.29, 0.717) is 23.7 Å². The second-order valence-corrected chi connectivity index (χ2v) is 9.97. The minimum Gasteiger partial charge on any atom is -0.335 e. The molecule has 2 heterocycles. The van der Waals surface area contributed by atoms with Crippen molar-refractivity contribution in [1.82, 2.24) is 13.6 Å². The van der Waals surface area contributed by atoms with Crippen LogP contribution in [0.15, 0.2) is 47.4 Å². The largest absolute Gasteiger partial charge is 0.335 e. The number of hydrogen-bond donors (Lipinski definition) is 0. The molecule has 29 heavy (non-hydrogen) atoms. The van der Waals surface area contributed by atoms with Gasteiger partial charge in [0, 0.05) is 31.6 Å². The third kappa shape index (κ3) is 3.80. The van der Waals surface area contributed by atoms with Crippen molar-refractivity contribution in [3.63, 3.8) is 0 Å². The Bertz CT molecular complexity index is 1150. The van der Waals surface area contributed by atoms with Crippen LogP contribution < -0.4 is 0 Å². The fourth-order valence-electron chi connectivity index (χ4n) is 3.53. The van der Waals surface area contributed by atoms with E-state index in [1.54, 1.807) is 17.0 Å². The number of benzene rings is 2. The van der Waals surface area contributed by atoms with Crippen LogP contribution in [0, 0.1) is 6.92 Å². The first kappa shape index (κ1) is 20.0. The van der Waals surface area contributed by atoms with E-state index in [1.165, 1.54) is 15.8 Å². The normalized spacial score (nSPS) is 15.7. The van der Waals surface area contributed by atoms with Gasteiger partial charge in [-0.05, 0) is 54.7 Å². The van der Waals surface area contributed by atoms with Crippen LogP contribution in [-0.4, -0.2) is 54.1 Å². The topological polar surface area (TPSA) is 70.6 Å². The number of piperazine rings is 1. The van der Waals surface area contributed by atoms with Gasteiger partial charge < -0.3 is 4.90 Å². The predicted molar refractivity (Wildman–Crippen MR) is 115 cm³/mol. The average Bonchev–Trinajstić information content (AvgIpc) is 3.16. The van der Waals surface area contributed by atoms with Crippen LogP contribution in [0.1, 0.15) is 28.5 Å². The number of carbonyl (C=O) groups is 1. The highest BCUT2D eigenvalue weighted by Gasteiger charge is 2.31. The van der Waals surface area contributed by atoms with Gasteiger partial charge in [-0.15, -0.1) is 0 Å². The molecular formula is C21H23N3O3S2. The molecule has 0 unspecified atom stereocenters. The maximum atomic E-state index is 13.0. The van der Waals surface area contributed by atoms with E-state index < -0.39 is 10.0 Å². The molecule has 152 valence electrons. The maximum Gasteiger partial charge on any atom is 0.274 e. The number of sulfonamides is 1. The van der Waals surface area contributed by atoms with E-state index in [2.05, 4.69) is 4.37 Å². The Balaban J connectivity index is 1.48. The van der Waals surface area contributed by atoms with E-state index in [-0.39, 0.29) is 19.0 Å². The van der Waals surface area contributed by atoms with Crippen LogP contribution in [0.4, 0.5) is 0 Å². The third-order valence-electron chi connectivity index (χ3n) is 5.32.